The number of anilines is 2. The molecular weight excluding hydrogens is 388 g/mol. The molecule has 4 rings (SSSR count). The molecule has 8 heteroatoms. The number of fused-ring (bicyclic) bond motifs is 1. The van der Waals surface area contributed by atoms with Crippen LogP contribution in [0.5, 0.6) is 11.5 Å². The summed E-state index contributed by atoms with van der Waals surface area (Å²) in [5.74, 6) is 0.800. The fourth-order valence-electron chi connectivity index (χ4n) is 2.94. The van der Waals surface area contributed by atoms with E-state index in [1.54, 1.807) is 37.7 Å². The summed E-state index contributed by atoms with van der Waals surface area (Å²) in [5, 5.41) is 3.60. The molecule has 3 heterocycles. The summed E-state index contributed by atoms with van der Waals surface area (Å²) >= 11 is 1.25. The zero-order valence-electron chi connectivity index (χ0n) is 15.8. The Labute approximate surface area is 171 Å². The number of methoxy groups -OCH3 is 2. The van der Waals surface area contributed by atoms with E-state index in [1.807, 2.05) is 24.3 Å². The Bertz CT molecular complexity index is 1190. The number of rotatable bonds is 5. The average Bonchev–Trinajstić information content (AvgIpc) is 3.10. The molecule has 0 unspecified atom stereocenters. The molecule has 0 radical (unpaired) electrons. The quantitative estimate of drug-likeness (QED) is 0.515. The van der Waals surface area contributed by atoms with Crippen LogP contribution in [0.15, 0.2) is 54.9 Å². The summed E-state index contributed by atoms with van der Waals surface area (Å²) < 4.78 is 10.5. The van der Waals surface area contributed by atoms with E-state index in [1.165, 1.54) is 18.4 Å². The molecule has 3 N–H and O–H groups in total. The van der Waals surface area contributed by atoms with Crippen molar-refractivity contribution in [2.24, 2.45) is 0 Å². The van der Waals surface area contributed by atoms with Gasteiger partial charge in [-0.05, 0) is 36.4 Å². The molecule has 0 atom stereocenters. The molecule has 0 saturated heterocycles. The van der Waals surface area contributed by atoms with E-state index in [2.05, 4.69) is 15.3 Å². The molecule has 0 saturated carbocycles. The summed E-state index contributed by atoms with van der Waals surface area (Å²) in [6.07, 6.45) is 3.43. The van der Waals surface area contributed by atoms with Crippen molar-refractivity contribution in [3.05, 3.63) is 59.7 Å². The lowest BCUT2D eigenvalue weighted by molar-refractivity contribution is 0.103. The highest BCUT2D eigenvalue weighted by Crippen LogP contribution is 2.36. The highest BCUT2D eigenvalue weighted by molar-refractivity contribution is 7.21. The van der Waals surface area contributed by atoms with Crippen LogP contribution in [0.1, 0.15) is 9.67 Å². The van der Waals surface area contributed by atoms with Crippen molar-refractivity contribution in [2.45, 2.75) is 0 Å². The number of carbonyl (C=O) groups is 1. The number of carbonyl (C=O) groups excluding carboxylic acids is 1. The Hall–Kier alpha value is -3.65. The van der Waals surface area contributed by atoms with Crippen LogP contribution in [0, 0.1) is 0 Å². The first-order valence-electron chi connectivity index (χ1n) is 8.73. The van der Waals surface area contributed by atoms with Gasteiger partial charge in [0.25, 0.3) is 5.91 Å². The lowest BCUT2D eigenvalue weighted by Crippen LogP contribution is -2.12. The van der Waals surface area contributed by atoms with Crippen LogP contribution in [-0.4, -0.2) is 30.1 Å². The van der Waals surface area contributed by atoms with E-state index in [4.69, 9.17) is 15.2 Å². The third-order valence-corrected chi connectivity index (χ3v) is 5.54. The van der Waals surface area contributed by atoms with Crippen molar-refractivity contribution >= 4 is 38.8 Å². The molecule has 0 spiro atoms. The van der Waals surface area contributed by atoms with E-state index in [9.17, 15) is 4.79 Å². The number of benzene rings is 1. The number of pyridine rings is 2. The Kier molecular flexibility index (Phi) is 5.01. The number of amides is 1. The minimum atomic E-state index is -0.331. The third kappa shape index (κ3) is 3.57. The normalized spacial score (nSPS) is 10.7. The number of nitrogens with two attached hydrogens (primary N) is 1. The molecule has 1 amide bonds. The van der Waals surface area contributed by atoms with Crippen molar-refractivity contribution in [2.75, 3.05) is 25.3 Å². The summed E-state index contributed by atoms with van der Waals surface area (Å²) in [7, 11) is 3.10. The van der Waals surface area contributed by atoms with Crippen molar-refractivity contribution < 1.29 is 14.3 Å². The monoisotopic (exact) mass is 406 g/mol. The standard InChI is InChI=1S/C21H18N4O3S/c1-27-13-3-6-17(28-2)16(11-13)24-20(26)19-18(22)14-4-5-15(25-21(14)29-19)12-7-9-23-10-8-12/h3-11H,22H2,1-2H3,(H,24,26). The predicted molar refractivity (Wildman–Crippen MR) is 115 cm³/mol. The first-order valence-corrected chi connectivity index (χ1v) is 9.55. The maximum Gasteiger partial charge on any atom is 0.268 e. The number of thiophene rings is 1. The van der Waals surface area contributed by atoms with E-state index in [-0.39, 0.29) is 5.91 Å². The Morgan fingerprint density at radius 3 is 2.59 bits per heavy atom. The average molecular weight is 406 g/mol. The molecule has 3 aromatic heterocycles. The molecule has 0 aliphatic rings. The summed E-state index contributed by atoms with van der Waals surface area (Å²) in [4.78, 5) is 22.7. The molecule has 0 aliphatic heterocycles. The van der Waals surface area contributed by atoms with Crippen LogP contribution >= 0.6 is 11.3 Å². The zero-order valence-corrected chi connectivity index (χ0v) is 16.6. The minimum Gasteiger partial charge on any atom is -0.497 e. The Balaban J connectivity index is 1.69. The highest BCUT2D eigenvalue weighted by Gasteiger charge is 2.19. The largest absolute Gasteiger partial charge is 0.497 e. The second-order valence-electron chi connectivity index (χ2n) is 6.15. The highest BCUT2D eigenvalue weighted by atomic mass is 32.1. The molecule has 1 aromatic carbocycles. The van der Waals surface area contributed by atoms with E-state index in [0.717, 1.165) is 16.6 Å². The van der Waals surface area contributed by atoms with Crippen molar-refractivity contribution in [3.63, 3.8) is 0 Å². The number of nitrogen functional groups attached to an aromatic ring is 1. The topological polar surface area (TPSA) is 99.4 Å². The van der Waals surface area contributed by atoms with E-state index >= 15 is 0 Å². The first-order chi connectivity index (χ1) is 14.1. The van der Waals surface area contributed by atoms with Crippen LogP contribution in [0.2, 0.25) is 0 Å². The van der Waals surface area contributed by atoms with Gasteiger partial charge in [-0.1, -0.05) is 0 Å². The van der Waals surface area contributed by atoms with Crippen molar-refractivity contribution in [3.8, 4) is 22.8 Å². The second-order valence-corrected chi connectivity index (χ2v) is 7.15. The Morgan fingerprint density at radius 1 is 1.07 bits per heavy atom. The third-order valence-electron chi connectivity index (χ3n) is 4.43. The molecule has 29 heavy (non-hydrogen) atoms. The number of hydrogen-bond acceptors (Lipinski definition) is 7. The molecule has 7 nitrogen and oxygen atoms in total. The lowest BCUT2D eigenvalue weighted by Gasteiger charge is -2.11. The smallest absolute Gasteiger partial charge is 0.268 e. The maximum absolute atomic E-state index is 12.9. The summed E-state index contributed by atoms with van der Waals surface area (Å²) in [6.45, 7) is 0. The fourth-order valence-corrected chi connectivity index (χ4v) is 3.93. The molecule has 146 valence electrons. The number of nitrogens with one attached hydrogen (secondary N) is 1. The van der Waals surface area contributed by atoms with Gasteiger partial charge in [-0.3, -0.25) is 9.78 Å². The maximum atomic E-state index is 12.9. The van der Waals surface area contributed by atoms with Gasteiger partial charge < -0.3 is 20.5 Å². The number of aromatic nitrogens is 2. The van der Waals surface area contributed by atoms with Gasteiger partial charge >= 0.3 is 0 Å². The first kappa shape index (κ1) is 18.7. The molecule has 4 aromatic rings. The molecule has 0 fully saturated rings. The fraction of sp³-hybridized carbons (Fsp3) is 0.0952. The SMILES string of the molecule is COc1ccc(OC)c(NC(=O)c2sc3nc(-c4ccncc4)ccc3c2N)c1. The van der Waals surface area contributed by atoms with Crippen LogP contribution in [0.25, 0.3) is 21.5 Å². The van der Waals surface area contributed by atoms with Gasteiger partial charge in [0.1, 0.15) is 21.2 Å². The van der Waals surface area contributed by atoms with Crippen LogP contribution in [0.3, 0.4) is 0 Å². The van der Waals surface area contributed by atoms with E-state index in [0.29, 0.717) is 32.6 Å². The zero-order chi connectivity index (χ0) is 20.4. The molecule has 0 aliphatic carbocycles. The van der Waals surface area contributed by atoms with Crippen LogP contribution in [0.4, 0.5) is 11.4 Å². The van der Waals surface area contributed by atoms with Crippen molar-refractivity contribution in [1.29, 1.82) is 0 Å². The number of hydrogen-bond donors (Lipinski definition) is 2. The number of ether oxygens (including phenoxy) is 2. The number of nitrogens with zero attached hydrogens (tertiary/aromatic N) is 2. The van der Waals surface area contributed by atoms with Gasteiger partial charge in [0, 0.05) is 29.4 Å². The van der Waals surface area contributed by atoms with Gasteiger partial charge in [0.05, 0.1) is 31.3 Å². The van der Waals surface area contributed by atoms with Gasteiger partial charge in [-0.2, -0.15) is 0 Å². The lowest BCUT2D eigenvalue weighted by atomic mass is 10.1. The molecule has 0 bridgehead atoms. The van der Waals surface area contributed by atoms with Gasteiger partial charge in [-0.15, -0.1) is 11.3 Å². The predicted octanol–water partition coefficient (Wildman–Crippen LogP) is 4.21. The Morgan fingerprint density at radius 2 is 1.86 bits per heavy atom. The van der Waals surface area contributed by atoms with Gasteiger partial charge in [0.15, 0.2) is 0 Å². The summed E-state index contributed by atoms with van der Waals surface area (Å²) in [6, 6.07) is 12.7. The summed E-state index contributed by atoms with van der Waals surface area (Å²) in [5.41, 5.74) is 8.89. The van der Waals surface area contributed by atoms with E-state index < -0.39 is 0 Å². The van der Waals surface area contributed by atoms with Gasteiger partial charge in [-0.25, -0.2) is 4.98 Å². The van der Waals surface area contributed by atoms with Crippen molar-refractivity contribution in [1.82, 2.24) is 9.97 Å². The molecular formula is C21H18N4O3S. The minimum absolute atomic E-state index is 0.331. The van der Waals surface area contributed by atoms with Crippen LogP contribution in [-0.2, 0) is 0 Å². The van der Waals surface area contributed by atoms with Crippen LogP contribution < -0.4 is 20.5 Å². The van der Waals surface area contributed by atoms with Gasteiger partial charge in [0.2, 0.25) is 0 Å². The second kappa shape index (κ2) is 7.76.